The molecule has 3 aromatic rings. The molecule has 6 nitrogen and oxygen atoms in total. The normalized spacial score (nSPS) is 13.6. The quantitative estimate of drug-likeness (QED) is 0.422. The van der Waals surface area contributed by atoms with Crippen LogP contribution in [-0.4, -0.2) is 30.8 Å². The predicted molar refractivity (Wildman–Crippen MR) is 132 cm³/mol. The number of nitrogens with zero attached hydrogens (tertiary/aromatic N) is 1. The van der Waals surface area contributed by atoms with Crippen LogP contribution in [0.15, 0.2) is 72.8 Å². The van der Waals surface area contributed by atoms with E-state index in [-0.39, 0.29) is 5.91 Å². The van der Waals surface area contributed by atoms with Crippen molar-refractivity contribution < 1.29 is 9.59 Å². The van der Waals surface area contributed by atoms with Crippen LogP contribution >= 0.6 is 0 Å². The first-order valence-corrected chi connectivity index (χ1v) is 10.5. The van der Waals surface area contributed by atoms with E-state index in [0.29, 0.717) is 22.5 Å². The van der Waals surface area contributed by atoms with Crippen LogP contribution in [0.4, 0.5) is 11.4 Å². The van der Waals surface area contributed by atoms with Gasteiger partial charge in [0, 0.05) is 23.4 Å². The highest BCUT2D eigenvalue weighted by Crippen LogP contribution is 2.38. The molecule has 1 aliphatic heterocycles. The van der Waals surface area contributed by atoms with Gasteiger partial charge in [0.25, 0.3) is 11.8 Å². The van der Waals surface area contributed by atoms with E-state index in [1.807, 2.05) is 62.6 Å². The van der Waals surface area contributed by atoms with Crippen LogP contribution in [0.25, 0.3) is 11.3 Å². The Morgan fingerprint density at radius 3 is 2.42 bits per heavy atom. The lowest BCUT2D eigenvalue weighted by atomic mass is 9.99. The molecule has 0 fully saturated rings. The summed E-state index contributed by atoms with van der Waals surface area (Å²) >= 11 is 0. The van der Waals surface area contributed by atoms with Crippen LogP contribution < -0.4 is 16.4 Å². The Kier molecular flexibility index (Phi) is 6.25. The summed E-state index contributed by atoms with van der Waals surface area (Å²) in [6.07, 6.45) is 0. The van der Waals surface area contributed by atoms with Crippen molar-refractivity contribution in [2.75, 3.05) is 24.7 Å². The van der Waals surface area contributed by atoms with E-state index in [2.05, 4.69) is 39.5 Å². The first-order valence-electron chi connectivity index (χ1n) is 10.5. The minimum Gasteiger partial charge on any atom is -0.359 e. The number of primary amides is 1. The number of fused-ring (bicyclic) bond motifs is 1. The summed E-state index contributed by atoms with van der Waals surface area (Å²) in [5.41, 5.74) is 11.3. The van der Waals surface area contributed by atoms with Gasteiger partial charge in [0.2, 0.25) is 0 Å². The van der Waals surface area contributed by atoms with Crippen molar-refractivity contribution in [3.05, 3.63) is 95.1 Å². The maximum atomic E-state index is 13.1. The Balaban J connectivity index is 1.77. The van der Waals surface area contributed by atoms with Gasteiger partial charge in [0.05, 0.1) is 17.0 Å². The molecule has 0 saturated heterocycles. The third kappa shape index (κ3) is 5.12. The lowest BCUT2D eigenvalue weighted by Gasteiger charge is -2.16. The SMILES string of the molecule is CN(C)Cc1ccc(N/C(=C2\C(=O)Nc3cc(C#CC(N)=O)ccc32)c2ccccc2)cc1. The Morgan fingerprint density at radius 2 is 1.76 bits per heavy atom. The van der Waals surface area contributed by atoms with E-state index < -0.39 is 5.91 Å². The zero-order valence-electron chi connectivity index (χ0n) is 18.5. The molecule has 164 valence electrons. The number of rotatable bonds is 5. The molecule has 0 spiro atoms. The topological polar surface area (TPSA) is 87.5 Å². The first-order chi connectivity index (χ1) is 15.9. The second-order valence-corrected chi connectivity index (χ2v) is 8.00. The molecule has 1 aliphatic rings. The van der Waals surface area contributed by atoms with Crippen molar-refractivity contribution in [2.45, 2.75) is 6.54 Å². The standard InChI is InChI=1S/C27H24N4O2/c1-31(2)17-19-8-12-21(13-9-19)29-26(20-6-4-3-5-7-20)25-22-14-10-18(11-15-24(28)32)16-23(22)30-27(25)33/h3-10,12-14,16,29H,17H2,1-2H3,(H2,28,32)(H,30,33)/b26-25-. The number of anilines is 2. The summed E-state index contributed by atoms with van der Waals surface area (Å²) in [5.74, 6) is 4.12. The summed E-state index contributed by atoms with van der Waals surface area (Å²) in [6, 6.07) is 23.3. The summed E-state index contributed by atoms with van der Waals surface area (Å²) in [7, 11) is 4.07. The molecule has 4 rings (SSSR count). The van der Waals surface area contributed by atoms with Crippen molar-refractivity contribution in [2.24, 2.45) is 5.73 Å². The monoisotopic (exact) mass is 436 g/mol. The van der Waals surface area contributed by atoms with Crippen LogP contribution in [0.2, 0.25) is 0 Å². The van der Waals surface area contributed by atoms with Gasteiger partial charge in [-0.15, -0.1) is 0 Å². The van der Waals surface area contributed by atoms with Gasteiger partial charge in [-0.2, -0.15) is 0 Å². The minimum absolute atomic E-state index is 0.208. The van der Waals surface area contributed by atoms with Crippen LogP contribution in [0, 0.1) is 11.8 Å². The summed E-state index contributed by atoms with van der Waals surface area (Å²) in [6.45, 7) is 0.851. The van der Waals surface area contributed by atoms with Gasteiger partial charge in [0.15, 0.2) is 0 Å². The van der Waals surface area contributed by atoms with Crippen LogP contribution in [-0.2, 0) is 16.1 Å². The molecule has 3 aromatic carbocycles. The average Bonchev–Trinajstić information content (AvgIpc) is 3.12. The molecule has 1 heterocycles. The van der Waals surface area contributed by atoms with Crippen molar-refractivity contribution in [1.82, 2.24) is 4.90 Å². The Hall–Kier alpha value is -4.34. The van der Waals surface area contributed by atoms with Crippen molar-refractivity contribution >= 4 is 34.5 Å². The Labute approximate surface area is 193 Å². The lowest BCUT2D eigenvalue weighted by molar-refractivity contribution is -0.113. The molecular weight excluding hydrogens is 412 g/mol. The molecule has 0 unspecified atom stereocenters. The zero-order valence-corrected chi connectivity index (χ0v) is 18.5. The third-order valence-corrected chi connectivity index (χ3v) is 5.13. The van der Waals surface area contributed by atoms with E-state index in [9.17, 15) is 9.59 Å². The second kappa shape index (κ2) is 9.43. The zero-order chi connectivity index (χ0) is 23.4. The van der Waals surface area contributed by atoms with E-state index in [1.54, 1.807) is 12.1 Å². The summed E-state index contributed by atoms with van der Waals surface area (Å²) in [4.78, 5) is 26.1. The summed E-state index contributed by atoms with van der Waals surface area (Å²) < 4.78 is 0. The fourth-order valence-electron chi connectivity index (χ4n) is 3.72. The maximum Gasteiger partial charge on any atom is 0.293 e. The predicted octanol–water partition coefficient (Wildman–Crippen LogP) is 3.52. The average molecular weight is 437 g/mol. The molecule has 0 bridgehead atoms. The van der Waals surface area contributed by atoms with Crippen molar-refractivity contribution in [3.63, 3.8) is 0 Å². The molecular formula is C27H24N4O2. The Bertz CT molecular complexity index is 1300. The molecule has 6 heteroatoms. The number of hydrogen-bond acceptors (Lipinski definition) is 4. The molecule has 33 heavy (non-hydrogen) atoms. The van der Waals surface area contributed by atoms with Crippen LogP contribution in [0.3, 0.4) is 0 Å². The number of carbonyl (C=O) groups is 2. The highest BCUT2D eigenvalue weighted by atomic mass is 16.2. The van der Waals surface area contributed by atoms with Crippen molar-refractivity contribution in [1.29, 1.82) is 0 Å². The van der Waals surface area contributed by atoms with Gasteiger partial charge < -0.3 is 21.3 Å². The fourth-order valence-corrected chi connectivity index (χ4v) is 3.72. The molecule has 0 atom stereocenters. The van der Waals surface area contributed by atoms with E-state index in [1.165, 1.54) is 5.56 Å². The van der Waals surface area contributed by atoms with Gasteiger partial charge in [0.1, 0.15) is 0 Å². The maximum absolute atomic E-state index is 13.1. The van der Waals surface area contributed by atoms with E-state index >= 15 is 0 Å². The largest absolute Gasteiger partial charge is 0.359 e. The van der Waals surface area contributed by atoms with Gasteiger partial charge in [-0.05, 0) is 55.4 Å². The molecule has 0 aromatic heterocycles. The van der Waals surface area contributed by atoms with Crippen LogP contribution in [0.1, 0.15) is 22.3 Å². The minimum atomic E-state index is -0.702. The number of nitrogens with one attached hydrogen (secondary N) is 2. The smallest absolute Gasteiger partial charge is 0.293 e. The number of amides is 2. The van der Waals surface area contributed by atoms with Gasteiger partial charge >= 0.3 is 0 Å². The van der Waals surface area contributed by atoms with Gasteiger partial charge in [-0.1, -0.05) is 54.5 Å². The molecule has 4 N–H and O–H groups in total. The second-order valence-electron chi connectivity index (χ2n) is 8.00. The fraction of sp³-hybridized carbons (Fsp3) is 0.111. The third-order valence-electron chi connectivity index (χ3n) is 5.13. The number of hydrogen-bond donors (Lipinski definition) is 3. The number of nitrogens with two attached hydrogens (primary N) is 1. The van der Waals surface area contributed by atoms with Gasteiger partial charge in [-0.3, -0.25) is 9.59 Å². The highest BCUT2D eigenvalue weighted by molar-refractivity contribution is 6.37. The number of carbonyl (C=O) groups excluding carboxylic acids is 2. The summed E-state index contributed by atoms with van der Waals surface area (Å²) in [5, 5.41) is 6.38. The Morgan fingerprint density at radius 1 is 1.03 bits per heavy atom. The molecule has 2 amide bonds. The van der Waals surface area contributed by atoms with Crippen molar-refractivity contribution in [3.8, 4) is 11.8 Å². The van der Waals surface area contributed by atoms with E-state index in [4.69, 9.17) is 5.73 Å². The number of benzene rings is 3. The molecule has 0 radical (unpaired) electrons. The van der Waals surface area contributed by atoms with Crippen LogP contribution in [0.5, 0.6) is 0 Å². The molecule has 0 aliphatic carbocycles. The first kappa shape index (κ1) is 21.9. The van der Waals surface area contributed by atoms with E-state index in [0.717, 1.165) is 23.4 Å². The van der Waals surface area contributed by atoms with Gasteiger partial charge in [-0.25, -0.2) is 0 Å². The highest BCUT2D eigenvalue weighted by Gasteiger charge is 2.28. The lowest BCUT2D eigenvalue weighted by Crippen LogP contribution is -2.11. The molecule has 0 saturated carbocycles.